The molecule has 5 heteroatoms. The maximum absolute atomic E-state index is 11.9. The van der Waals surface area contributed by atoms with Gasteiger partial charge in [-0.05, 0) is 43.2 Å². The van der Waals surface area contributed by atoms with Crippen LogP contribution in [0.15, 0.2) is 53.4 Å². The van der Waals surface area contributed by atoms with Gasteiger partial charge in [-0.1, -0.05) is 29.8 Å². The lowest BCUT2D eigenvalue weighted by Gasteiger charge is -2.06. The van der Waals surface area contributed by atoms with Crippen LogP contribution in [0.25, 0.3) is 0 Å². The number of rotatable bonds is 5. The van der Waals surface area contributed by atoms with Crippen LogP contribution in [0, 0.1) is 6.92 Å². The average Bonchev–Trinajstić information content (AvgIpc) is 2.41. The number of hydrogen-bond acceptors (Lipinski definition) is 4. The summed E-state index contributed by atoms with van der Waals surface area (Å²) in [6.07, 6.45) is 0.464. The third-order valence-electron chi connectivity index (χ3n) is 2.88. The van der Waals surface area contributed by atoms with E-state index in [0.717, 1.165) is 11.1 Å². The van der Waals surface area contributed by atoms with Gasteiger partial charge in [0, 0.05) is 0 Å². The highest BCUT2D eigenvalue weighted by molar-refractivity contribution is 7.86. The molecule has 2 aromatic rings. The molecule has 1 N–H and O–H groups in total. The maximum Gasteiger partial charge on any atom is 0.296 e. The Morgan fingerprint density at radius 1 is 1.00 bits per heavy atom. The maximum atomic E-state index is 11.9. The van der Waals surface area contributed by atoms with Crippen molar-refractivity contribution in [1.29, 1.82) is 0 Å². The average molecular weight is 292 g/mol. The molecule has 0 bridgehead atoms. The fourth-order valence-corrected chi connectivity index (χ4v) is 2.61. The summed E-state index contributed by atoms with van der Waals surface area (Å²) < 4.78 is 28.9. The van der Waals surface area contributed by atoms with Crippen LogP contribution >= 0.6 is 0 Å². The van der Waals surface area contributed by atoms with Crippen LogP contribution in [0.2, 0.25) is 0 Å². The SMILES string of the molecule is Cc1ccc(S(=O)(=O)OCCc2ccc(O)cc2)cc1. The van der Waals surface area contributed by atoms with Gasteiger partial charge in [-0.2, -0.15) is 8.42 Å². The smallest absolute Gasteiger partial charge is 0.296 e. The number of benzene rings is 2. The van der Waals surface area contributed by atoms with E-state index in [1.54, 1.807) is 36.4 Å². The van der Waals surface area contributed by atoms with E-state index in [1.807, 2.05) is 6.92 Å². The highest BCUT2D eigenvalue weighted by atomic mass is 32.2. The molecular weight excluding hydrogens is 276 g/mol. The van der Waals surface area contributed by atoms with E-state index < -0.39 is 10.1 Å². The Bertz CT molecular complexity index is 658. The first-order valence-corrected chi connectivity index (χ1v) is 7.62. The summed E-state index contributed by atoms with van der Waals surface area (Å²) in [5.41, 5.74) is 1.90. The molecule has 0 saturated carbocycles. The van der Waals surface area contributed by atoms with Gasteiger partial charge in [-0.25, -0.2) is 0 Å². The quantitative estimate of drug-likeness (QED) is 0.861. The minimum Gasteiger partial charge on any atom is -0.508 e. The number of phenolic OH excluding ortho intramolecular Hbond substituents is 1. The van der Waals surface area contributed by atoms with E-state index in [-0.39, 0.29) is 17.3 Å². The molecule has 20 heavy (non-hydrogen) atoms. The lowest BCUT2D eigenvalue weighted by Crippen LogP contribution is -2.09. The standard InChI is InChI=1S/C15H16O4S/c1-12-2-8-15(9-3-12)20(17,18)19-11-10-13-4-6-14(16)7-5-13/h2-9,16H,10-11H2,1H3. The summed E-state index contributed by atoms with van der Waals surface area (Å²) >= 11 is 0. The van der Waals surface area contributed by atoms with Crippen LogP contribution in [0.4, 0.5) is 0 Å². The molecule has 0 unspecified atom stereocenters. The molecule has 2 aromatic carbocycles. The second-order valence-electron chi connectivity index (χ2n) is 4.51. The van der Waals surface area contributed by atoms with Crippen LogP contribution in [0.1, 0.15) is 11.1 Å². The predicted molar refractivity (Wildman–Crippen MR) is 76.1 cm³/mol. The molecule has 4 nitrogen and oxygen atoms in total. The van der Waals surface area contributed by atoms with E-state index in [0.29, 0.717) is 6.42 Å². The van der Waals surface area contributed by atoms with Crippen molar-refractivity contribution < 1.29 is 17.7 Å². The molecule has 0 fully saturated rings. The molecule has 0 heterocycles. The number of phenols is 1. The van der Waals surface area contributed by atoms with Crippen molar-refractivity contribution in [2.45, 2.75) is 18.2 Å². The van der Waals surface area contributed by atoms with Crippen molar-refractivity contribution in [3.63, 3.8) is 0 Å². The van der Waals surface area contributed by atoms with E-state index in [9.17, 15) is 8.42 Å². The van der Waals surface area contributed by atoms with E-state index >= 15 is 0 Å². The van der Waals surface area contributed by atoms with Gasteiger partial charge in [0.15, 0.2) is 0 Å². The lowest BCUT2D eigenvalue weighted by atomic mass is 10.2. The minimum absolute atomic E-state index is 0.0704. The van der Waals surface area contributed by atoms with E-state index in [2.05, 4.69) is 0 Å². The predicted octanol–water partition coefficient (Wildman–Crippen LogP) is 2.65. The van der Waals surface area contributed by atoms with Gasteiger partial charge in [-0.3, -0.25) is 4.18 Å². The first kappa shape index (κ1) is 14.6. The largest absolute Gasteiger partial charge is 0.508 e. The first-order chi connectivity index (χ1) is 9.47. The zero-order valence-corrected chi connectivity index (χ0v) is 11.9. The summed E-state index contributed by atoms with van der Waals surface area (Å²) in [7, 11) is -3.70. The molecule has 0 aliphatic carbocycles. The lowest BCUT2D eigenvalue weighted by molar-refractivity contribution is 0.322. The first-order valence-electron chi connectivity index (χ1n) is 6.21. The molecule has 0 aliphatic rings. The number of hydrogen-bond donors (Lipinski definition) is 1. The summed E-state index contributed by atoms with van der Waals surface area (Å²) in [6, 6.07) is 13.1. The molecule has 0 amide bonds. The molecule has 0 aliphatic heterocycles. The van der Waals surface area contributed by atoms with Crippen LogP contribution < -0.4 is 0 Å². The zero-order chi connectivity index (χ0) is 14.6. The monoisotopic (exact) mass is 292 g/mol. The summed E-state index contributed by atoms with van der Waals surface area (Å²) in [4.78, 5) is 0.161. The van der Waals surface area contributed by atoms with Gasteiger partial charge in [0.1, 0.15) is 5.75 Å². The van der Waals surface area contributed by atoms with Gasteiger partial charge in [0.05, 0.1) is 11.5 Å². The Balaban J connectivity index is 1.96. The molecule has 0 radical (unpaired) electrons. The molecule has 106 valence electrons. The molecule has 0 atom stereocenters. The zero-order valence-electron chi connectivity index (χ0n) is 11.1. The van der Waals surface area contributed by atoms with Gasteiger partial charge in [0.25, 0.3) is 10.1 Å². The van der Waals surface area contributed by atoms with E-state index in [4.69, 9.17) is 9.29 Å². The van der Waals surface area contributed by atoms with Gasteiger partial charge in [-0.15, -0.1) is 0 Å². The van der Waals surface area contributed by atoms with Crippen molar-refractivity contribution in [3.05, 3.63) is 59.7 Å². The second kappa shape index (κ2) is 6.07. The Morgan fingerprint density at radius 2 is 1.60 bits per heavy atom. The Morgan fingerprint density at radius 3 is 2.20 bits per heavy atom. The molecule has 2 rings (SSSR count). The Hall–Kier alpha value is -1.85. The highest BCUT2D eigenvalue weighted by Crippen LogP contribution is 2.14. The Labute approximate surface area is 118 Å². The van der Waals surface area contributed by atoms with Crippen LogP contribution in [0.3, 0.4) is 0 Å². The van der Waals surface area contributed by atoms with Crippen molar-refractivity contribution in [2.75, 3.05) is 6.61 Å². The Kier molecular flexibility index (Phi) is 4.42. The van der Waals surface area contributed by atoms with Crippen molar-refractivity contribution in [2.24, 2.45) is 0 Å². The normalized spacial score (nSPS) is 11.4. The number of aromatic hydroxyl groups is 1. The highest BCUT2D eigenvalue weighted by Gasteiger charge is 2.14. The van der Waals surface area contributed by atoms with Crippen molar-refractivity contribution >= 4 is 10.1 Å². The van der Waals surface area contributed by atoms with Crippen LogP contribution in [0.5, 0.6) is 5.75 Å². The number of aryl methyl sites for hydroxylation is 1. The van der Waals surface area contributed by atoms with Gasteiger partial charge < -0.3 is 5.11 Å². The fraction of sp³-hybridized carbons (Fsp3) is 0.200. The minimum atomic E-state index is -3.70. The van der Waals surface area contributed by atoms with Gasteiger partial charge >= 0.3 is 0 Å². The van der Waals surface area contributed by atoms with Crippen molar-refractivity contribution in [3.8, 4) is 5.75 Å². The molecule has 0 saturated heterocycles. The molecule has 0 aromatic heterocycles. The summed E-state index contributed by atoms with van der Waals surface area (Å²) in [5.74, 6) is 0.182. The van der Waals surface area contributed by atoms with E-state index in [1.165, 1.54) is 12.1 Å². The third-order valence-corrected chi connectivity index (χ3v) is 4.20. The third kappa shape index (κ3) is 3.82. The molecular formula is C15H16O4S. The molecule has 0 spiro atoms. The van der Waals surface area contributed by atoms with Crippen LogP contribution in [-0.4, -0.2) is 20.1 Å². The summed E-state index contributed by atoms with van der Waals surface area (Å²) in [5, 5.41) is 9.16. The van der Waals surface area contributed by atoms with Crippen LogP contribution in [-0.2, 0) is 20.7 Å². The topological polar surface area (TPSA) is 63.6 Å². The van der Waals surface area contributed by atoms with Crippen molar-refractivity contribution in [1.82, 2.24) is 0 Å². The second-order valence-corrected chi connectivity index (χ2v) is 6.12. The summed E-state index contributed by atoms with van der Waals surface area (Å²) in [6.45, 7) is 1.96. The fourth-order valence-electron chi connectivity index (χ4n) is 1.70. The van der Waals surface area contributed by atoms with Gasteiger partial charge in [0.2, 0.25) is 0 Å².